The quantitative estimate of drug-likeness (QED) is 0.832. The molecule has 3 nitrogen and oxygen atoms in total. The van der Waals surface area contributed by atoms with Gasteiger partial charge in [0.15, 0.2) is 0 Å². The topological polar surface area (TPSA) is 42.2 Å². The summed E-state index contributed by atoms with van der Waals surface area (Å²) in [6.07, 6.45) is 1.81. The number of benzene rings is 1. The zero-order valence-electron chi connectivity index (χ0n) is 8.48. The number of carboxylic acid groups (broad SMARTS) is 1. The van der Waals surface area contributed by atoms with Crippen molar-refractivity contribution >= 4 is 28.5 Å². The molecule has 2 rings (SSSR count). The van der Waals surface area contributed by atoms with E-state index in [9.17, 15) is 4.79 Å². The van der Waals surface area contributed by atoms with Gasteiger partial charge in [0.05, 0.1) is 6.54 Å². The van der Waals surface area contributed by atoms with Crippen molar-refractivity contribution in [3.63, 3.8) is 0 Å². The predicted octanol–water partition coefficient (Wildman–Crippen LogP) is 2.94. The standard InChI is InChI=1S/C12H10ClNO2/c1-8(12(15)16)7-14-6-5-9-10(13)3-2-4-11(9)14/h2-6H,1,7H2,(H,15,16). The van der Waals surface area contributed by atoms with E-state index >= 15 is 0 Å². The molecule has 0 saturated heterocycles. The summed E-state index contributed by atoms with van der Waals surface area (Å²) in [5, 5.41) is 10.4. The fraction of sp³-hybridized carbons (Fsp3) is 0.0833. The number of hydrogen-bond acceptors (Lipinski definition) is 1. The van der Waals surface area contributed by atoms with E-state index in [0.29, 0.717) is 5.02 Å². The molecule has 0 unspecified atom stereocenters. The van der Waals surface area contributed by atoms with Gasteiger partial charge in [-0.25, -0.2) is 4.79 Å². The molecule has 0 spiro atoms. The molecule has 0 bridgehead atoms. The molecule has 1 N–H and O–H groups in total. The summed E-state index contributed by atoms with van der Waals surface area (Å²) >= 11 is 6.02. The molecule has 0 aliphatic carbocycles. The lowest BCUT2D eigenvalue weighted by molar-refractivity contribution is -0.132. The molecular weight excluding hydrogens is 226 g/mol. The van der Waals surface area contributed by atoms with Gasteiger partial charge in [-0.05, 0) is 18.2 Å². The van der Waals surface area contributed by atoms with Gasteiger partial charge in [-0.15, -0.1) is 0 Å². The molecule has 16 heavy (non-hydrogen) atoms. The van der Waals surface area contributed by atoms with Gasteiger partial charge in [0, 0.05) is 27.7 Å². The van der Waals surface area contributed by atoms with E-state index in [-0.39, 0.29) is 12.1 Å². The largest absolute Gasteiger partial charge is 0.478 e. The molecule has 4 heteroatoms. The van der Waals surface area contributed by atoms with E-state index in [4.69, 9.17) is 16.7 Å². The van der Waals surface area contributed by atoms with E-state index in [2.05, 4.69) is 6.58 Å². The van der Waals surface area contributed by atoms with Gasteiger partial charge < -0.3 is 9.67 Å². The smallest absolute Gasteiger partial charge is 0.332 e. The number of carbonyl (C=O) groups is 1. The lowest BCUT2D eigenvalue weighted by atomic mass is 10.2. The summed E-state index contributed by atoms with van der Waals surface area (Å²) in [4.78, 5) is 10.7. The second-order valence-corrected chi connectivity index (χ2v) is 3.93. The molecule has 0 atom stereocenters. The molecule has 2 aromatic rings. The summed E-state index contributed by atoms with van der Waals surface area (Å²) in [5.41, 5.74) is 1.06. The van der Waals surface area contributed by atoms with Crippen LogP contribution in [-0.4, -0.2) is 15.6 Å². The van der Waals surface area contributed by atoms with Crippen molar-refractivity contribution in [2.24, 2.45) is 0 Å². The molecule has 1 aromatic heterocycles. The Hall–Kier alpha value is -1.74. The lowest BCUT2D eigenvalue weighted by Gasteiger charge is -2.05. The Bertz CT molecular complexity index is 571. The Kier molecular flexibility index (Phi) is 2.71. The number of fused-ring (bicyclic) bond motifs is 1. The van der Waals surface area contributed by atoms with Crippen molar-refractivity contribution in [2.75, 3.05) is 0 Å². The first-order chi connectivity index (χ1) is 7.59. The average molecular weight is 236 g/mol. The first-order valence-corrected chi connectivity index (χ1v) is 5.12. The summed E-state index contributed by atoms with van der Waals surface area (Å²) in [6, 6.07) is 7.41. The average Bonchev–Trinajstić information content (AvgIpc) is 2.63. The van der Waals surface area contributed by atoms with Crippen LogP contribution in [0.3, 0.4) is 0 Å². The normalized spacial score (nSPS) is 10.6. The molecule has 1 aromatic carbocycles. The number of hydrogen-bond donors (Lipinski definition) is 1. The molecule has 1 heterocycles. The number of halogens is 1. The molecule has 0 fully saturated rings. The summed E-state index contributed by atoms with van der Waals surface area (Å²) < 4.78 is 1.82. The maximum atomic E-state index is 10.7. The maximum absolute atomic E-state index is 10.7. The third-order valence-corrected chi connectivity index (χ3v) is 2.75. The Labute approximate surface area is 97.6 Å². The van der Waals surface area contributed by atoms with Gasteiger partial charge in [0.25, 0.3) is 0 Å². The SMILES string of the molecule is C=C(Cn1ccc2c(Cl)cccc21)C(=O)O. The van der Waals surface area contributed by atoms with E-state index < -0.39 is 5.97 Å². The van der Waals surface area contributed by atoms with Crippen LogP contribution in [0.15, 0.2) is 42.6 Å². The van der Waals surface area contributed by atoms with Gasteiger partial charge in [-0.2, -0.15) is 0 Å². The van der Waals surface area contributed by atoms with Crippen LogP contribution in [0.5, 0.6) is 0 Å². The van der Waals surface area contributed by atoms with Crippen molar-refractivity contribution in [3.8, 4) is 0 Å². The first-order valence-electron chi connectivity index (χ1n) is 4.74. The van der Waals surface area contributed by atoms with Gasteiger partial charge >= 0.3 is 5.97 Å². The zero-order chi connectivity index (χ0) is 11.7. The minimum Gasteiger partial charge on any atom is -0.478 e. The highest BCUT2D eigenvalue weighted by atomic mass is 35.5. The predicted molar refractivity (Wildman–Crippen MR) is 63.7 cm³/mol. The highest BCUT2D eigenvalue weighted by Gasteiger charge is 2.08. The third-order valence-electron chi connectivity index (χ3n) is 2.42. The molecule has 82 valence electrons. The highest BCUT2D eigenvalue weighted by molar-refractivity contribution is 6.35. The van der Waals surface area contributed by atoms with E-state index in [1.165, 1.54) is 0 Å². The molecule has 0 saturated carbocycles. The summed E-state index contributed by atoms with van der Waals surface area (Å²) in [7, 11) is 0. The molecule has 0 amide bonds. The summed E-state index contributed by atoms with van der Waals surface area (Å²) in [5.74, 6) is -0.983. The maximum Gasteiger partial charge on any atom is 0.332 e. The number of aromatic nitrogens is 1. The fourth-order valence-corrected chi connectivity index (χ4v) is 1.83. The highest BCUT2D eigenvalue weighted by Crippen LogP contribution is 2.24. The van der Waals surface area contributed by atoms with E-state index in [1.54, 1.807) is 6.07 Å². The molecule has 0 aliphatic rings. The van der Waals surface area contributed by atoms with Crippen LogP contribution in [0.1, 0.15) is 0 Å². The van der Waals surface area contributed by atoms with E-state index in [1.807, 2.05) is 29.0 Å². The fourth-order valence-electron chi connectivity index (χ4n) is 1.60. The second-order valence-electron chi connectivity index (χ2n) is 3.52. The van der Waals surface area contributed by atoms with Crippen LogP contribution < -0.4 is 0 Å². The van der Waals surface area contributed by atoms with Crippen LogP contribution in [0.4, 0.5) is 0 Å². The van der Waals surface area contributed by atoms with Crippen molar-refractivity contribution in [2.45, 2.75) is 6.54 Å². The van der Waals surface area contributed by atoms with Crippen LogP contribution in [0, 0.1) is 0 Å². The minimum atomic E-state index is -0.983. The minimum absolute atomic E-state index is 0.150. The van der Waals surface area contributed by atoms with Gasteiger partial charge in [-0.1, -0.05) is 24.2 Å². The monoisotopic (exact) mass is 235 g/mol. The Morgan fingerprint density at radius 1 is 1.44 bits per heavy atom. The number of rotatable bonds is 3. The van der Waals surface area contributed by atoms with Crippen LogP contribution >= 0.6 is 11.6 Å². The van der Waals surface area contributed by atoms with Gasteiger partial charge in [0.1, 0.15) is 0 Å². The van der Waals surface area contributed by atoms with Crippen LogP contribution in [0.2, 0.25) is 5.02 Å². The molecule has 0 aliphatic heterocycles. The van der Waals surface area contributed by atoms with Crippen molar-refractivity contribution in [1.29, 1.82) is 0 Å². The van der Waals surface area contributed by atoms with Gasteiger partial charge in [0.2, 0.25) is 0 Å². The zero-order valence-corrected chi connectivity index (χ0v) is 9.24. The Morgan fingerprint density at radius 2 is 2.19 bits per heavy atom. The Morgan fingerprint density at radius 3 is 2.88 bits per heavy atom. The van der Waals surface area contributed by atoms with Gasteiger partial charge in [-0.3, -0.25) is 0 Å². The third kappa shape index (κ3) is 1.82. The number of aliphatic carboxylic acids is 1. The number of carboxylic acids is 1. The Balaban J connectivity index is 2.43. The number of nitrogens with zero attached hydrogens (tertiary/aromatic N) is 1. The van der Waals surface area contributed by atoms with E-state index in [0.717, 1.165) is 10.9 Å². The molecular formula is C12H10ClNO2. The second kappa shape index (κ2) is 4.02. The first kappa shape index (κ1) is 10.8. The van der Waals surface area contributed by atoms with Crippen molar-refractivity contribution < 1.29 is 9.90 Å². The van der Waals surface area contributed by atoms with Crippen LogP contribution in [0.25, 0.3) is 10.9 Å². The van der Waals surface area contributed by atoms with Crippen LogP contribution in [-0.2, 0) is 11.3 Å². The summed E-state index contributed by atoms with van der Waals surface area (Å²) in [6.45, 7) is 3.77. The van der Waals surface area contributed by atoms with Crippen molar-refractivity contribution in [3.05, 3.63) is 47.6 Å². The molecule has 0 radical (unpaired) electrons. The van der Waals surface area contributed by atoms with Crippen molar-refractivity contribution in [1.82, 2.24) is 4.57 Å². The lowest BCUT2D eigenvalue weighted by Crippen LogP contribution is -2.07.